The van der Waals surface area contributed by atoms with Gasteiger partial charge in [-0.05, 0) is 43.7 Å². The minimum absolute atomic E-state index is 0.159. The van der Waals surface area contributed by atoms with Crippen LogP contribution in [0.3, 0.4) is 0 Å². The molecule has 0 atom stereocenters. The number of ether oxygens (including phenoxy) is 1. The van der Waals surface area contributed by atoms with E-state index in [2.05, 4.69) is 5.32 Å². The van der Waals surface area contributed by atoms with Gasteiger partial charge in [0, 0.05) is 0 Å². The number of rotatable bonds is 4. The molecule has 4 heteroatoms. The van der Waals surface area contributed by atoms with E-state index in [-0.39, 0.29) is 5.69 Å². The van der Waals surface area contributed by atoms with Crippen LogP contribution in [0.2, 0.25) is 0 Å². The van der Waals surface area contributed by atoms with Crippen LogP contribution in [0.4, 0.5) is 10.1 Å². The number of anilines is 1. The van der Waals surface area contributed by atoms with Crippen LogP contribution >= 0.6 is 0 Å². The zero-order valence-electron chi connectivity index (χ0n) is 11.4. The van der Waals surface area contributed by atoms with Crippen LogP contribution in [-0.2, 0) is 0 Å². The van der Waals surface area contributed by atoms with E-state index in [0.717, 1.165) is 5.56 Å². The highest BCUT2D eigenvalue weighted by Crippen LogP contribution is 2.21. The molecule has 2 aromatic carbocycles. The van der Waals surface area contributed by atoms with E-state index in [1.54, 1.807) is 43.3 Å². The minimum atomic E-state index is -0.452. The Labute approximate surface area is 117 Å². The highest BCUT2D eigenvalue weighted by Gasteiger charge is 2.13. The summed E-state index contributed by atoms with van der Waals surface area (Å²) in [6.07, 6.45) is 0. The van der Waals surface area contributed by atoms with Crippen molar-refractivity contribution < 1.29 is 13.9 Å². The van der Waals surface area contributed by atoms with Crippen molar-refractivity contribution in [3.05, 3.63) is 59.4 Å². The smallest absolute Gasteiger partial charge is 0.259 e. The lowest BCUT2D eigenvalue weighted by Crippen LogP contribution is -2.14. The molecule has 0 saturated heterocycles. The lowest BCUT2D eigenvalue weighted by Gasteiger charge is -2.11. The second-order valence-electron chi connectivity index (χ2n) is 4.37. The fourth-order valence-corrected chi connectivity index (χ4v) is 1.85. The van der Waals surface area contributed by atoms with Crippen molar-refractivity contribution in [3.63, 3.8) is 0 Å². The molecule has 0 heterocycles. The monoisotopic (exact) mass is 273 g/mol. The first-order valence-corrected chi connectivity index (χ1v) is 6.41. The van der Waals surface area contributed by atoms with Gasteiger partial charge in [0.25, 0.3) is 5.91 Å². The number of nitrogens with one attached hydrogen (secondary N) is 1. The van der Waals surface area contributed by atoms with E-state index in [4.69, 9.17) is 4.74 Å². The third-order valence-electron chi connectivity index (χ3n) is 2.80. The first kappa shape index (κ1) is 14.1. The average molecular weight is 273 g/mol. The molecule has 0 aliphatic rings. The van der Waals surface area contributed by atoms with E-state index in [1.165, 1.54) is 6.07 Å². The standard InChI is InChI=1S/C16H16FNO2/c1-3-20-15-7-5-4-6-12(15)16(19)18-14-9-8-11(2)10-13(14)17/h4-10H,3H2,1-2H3,(H,18,19). The van der Waals surface area contributed by atoms with Gasteiger partial charge in [-0.1, -0.05) is 18.2 Å². The molecule has 0 unspecified atom stereocenters. The Hall–Kier alpha value is -2.36. The number of hydrogen-bond donors (Lipinski definition) is 1. The van der Waals surface area contributed by atoms with E-state index < -0.39 is 11.7 Å². The Balaban J connectivity index is 2.24. The van der Waals surface area contributed by atoms with E-state index in [9.17, 15) is 9.18 Å². The summed E-state index contributed by atoms with van der Waals surface area (Å²) in [7, 11) is 0. The molecule has 2 aromatic rings. The van der Waals surface area contributed by atoms with Gasteiger partial charge >= 0.3 is 0 Å². The topological polar surface area (TPSA) is 38.3 Å². The van der Waals surface area contributed by atoms with Crippen molar-refractivity contribution in [2.45, 2.75) is 13.8 Å². The third kappa shape index (κ3) is 3.15. The molecule has 20 heavy (non-hydrogen) atoms. The lowest BCUT2D eigenvalue weighted by molar-refractivity contribution is 0.102. The highest BCUT2D eigenvalue weighted by molar-refractivity contribution is 6.06. The van der Waals surface area contributed by atoms with Crippen molar-refractivity contribution in [2.75, 3.05) is 11.9 Å². The maximum absolute atomic E-state index is 13.7. The van der Waals surface area contributed by atoms with Gasteiger partial charge in [0.15, 0.2) is 0 Å². The van der Waals surface area contributed by atoms with Crippen molar-refractivity contribution in [1.82, 2.24) is 0 Å². The molecule has 0 spiro atoms. The number of halogens is 1. The number of benzene rings is 2. The van der Waals surface area contributed by atoms with Gasteiger partial charge in [-0.25, -0.2) is 4.39 Å². The molecule has 2 rings (SSSR count). The maximum atomic E-state index is 13.7. The Kier molecular flexibility index (Phi) is 4.35. The number of aryl methyl sites for hydroxylation is 1. The lowest BCUT2D eigenvalue weighted by atomic mass is 10.1. The Morgan fingerprint density at radius 3 is 2.70 bits per heavy atom. The number of carbonyl (C=O) groups is 1. The second-order valence-corrected chi connectivity index (χ2v) is 4.37. The van der Waals surface area contributed by atoms with Gasteiger partial charge in [-0.2, -0.15) is 0 Å². The Morgan fingerprint density at radius 1 is 1.25 bits per heavy atom. The molecular formula is C16H16FNO2. The molecular weight excluding hydrogens is 257 g/mol. The molecule has 0 fully saturated rings. The molecule has 104 valence electrons. The molecule has 0 radical (unpaired) electrons. The summed E-state index contributed by atoms with van der Waals surface area (Å²) in [5.41, 5.74) is 1.34. The molecule has 0 bridgehead atoms. The highest BCUT2D eigenvalue weighted by atomic mass is 19.1. The summed E-state index contributed by atoms with van der Waals surface area (Å²) in [5, 5.41) is 2.56. The molecule has 3 nitrogen and oxygen atoms in total. The predicted octanol–water partition coefficient (Wildman–Crippen LogP) is 3.79. The molecule has 0 saturated carbocycles. The summed E-state index contributed by atoms with van der Waals surface area (Å²) in [5.74, 6) is -0.357. The first-order chi connectivity index (χ1) is 9.61. The van der Waals surface area contributed by atoms with Crippen molar-refractivity contribution in [1.29, 1.82) is 0 Å². The van der Waals surface area contributed by atoms with Gasteiger partial charge in [0.05, 0.1) is 17.9 Å². The fraction of sp³-hybridized carbons (Fsp3) is 0.188. The molecule has 0 aliphatic heterocycles. The van der Waals surface area contributed by atoms with Crippen LogP contribution in [0, 0.1) is 12.7 Å². The SMILES string of the molecule is CCOc1ccccc1C(=O)Nc1ccc(C)cc1F. The van der Waals surface area contributed by atoms with Gasteiger partial charge in [-0.15, -0.1) is 0 Å². The van der Waals surface area contributed by atoms with Crippen molar-refractivity contribution in [3.8, 4) is 5.75 Å². The molecule has 0 aromatic heterocycles. The Morgan fingerprint density at radius 2 is 2.00 bits per heavy atom. The molecule has 1 N–H and O–H groups in total. The van der Waals surface area contributed by atoms with Crippen LogP contribution in [-0.4, -0.2) is 12.5 Å². The van der Waals surface area contributed by atoms with Crippen molar-refractivity contribution in [2.24, 2.45) is 0 Å². The summed E-state index contributed by atoms with van der Waals surface area (Å²) < 4.78 is 19.1. The average Bonchev–Trinajstić information content (AvgIpc) is 2.43. The molecule has 1 amide bonds. The fourth-order valence-electron chi connectivity index (χ4n) is 1.85. The minimum Gasteiger partial charge on any atom is -0.493 e. The maximum Gasteiger partial charge on any atom is 0.259 e. The van der Waals surface area contributed by atoms with Crippen LogP contribution in [0.15, 0.2) is 42.5 Å². The summed E-state index contributed by atoms with van der Waals surface area (Å²) in [4.78, 5) is 12.2. The normalized spacial score (nSPS) is 10.2. The zero-order chi connectivity index (χ0) is 14.5. The van der Waals surface area contributed by atoms with Gasteiger partial charge < -0.3 is 10.1 Å². The van der Waals surface area contributed by atoms with Gasteiger partial charge in [-0.3, -0.25) is 4.79 Å². The Bertz CT molecular complexity index is 626. The predicted molar refractivity (Wildman–Crippen MR) is 76.7 cm³/mol. The van der Waals surface area contributed by atoms with E-state index in [1.807, 2.05) is 6.92 Å². The van der Waals surface area contributed by atoms with Gasteiger partial charge in [0.2, 0.25) is 0 Å². The first-order valence-electron chi connectivity index (χ1n) is 6.41. The number of amides is 1. The second kappa shape index (κ2) is 6.19. The number of carbonyl (C=O) groups excluding carboxylic acids is 1. The summed E-state index contributed by atoms with van der Waals surface area (Å²) >= 11 is 0. The van der Waals surface area contributed by atoms with E-state index >= 15 is 0 Å². The van der Waals surface area contributed by atoms with Crippen LogP contribution in [0.1, 0.15) is 22.8 Å². The largest absolute Gasteiger partial charge is 0.493 e. The summed E-state index contributed by atoms with van der Waals surface area (Å²) in [6, 6.07) is 11.6. The molecule has 0 aliphatic carbocycles. The number of hydrogen-bond acceptors (Lipinski definition) is 2. The van der Waals surface area contributed by atoms with Gasteiger partial charge in [0.1, 0.15) is 11.6 Å². The quantitative estimate of drug-likeness (QED) is 0.920. The summed E-state index contributed by atoms with van der Waals surface area (Å²) in [6.45, 7) is 4.09. The van der Waals surface area contributed by atoms with Crippen LogP contribution in [0.5, 0.6) is 5.75 Å². The number of para-hydroxylation sites is 1. The van der Waals surface area contributed by atoms with Crippen LogP contribution in [0.25, 0.3) is 0 Å². The van der Waals surface area contributed by atoms with Crippen molar-refractivity contribution >= 4 is 11.6 Å². The van der Waals surface area contributed by atoms with Crippen LogP contribution < -0.4 is 10.1 Å². The zero-order valence-corrected chi connectivity index (χ0v) is 11.4. The van der Waals surface area contributed by atoms with E-state index in [0.29, 0.717) is 17.9 Å². The third-order valence-corrected chi connectivity index (χ3v) is 2.80.